The second-order valence-electron chi connectivity index (χ2n) is 6.08. The Morgan fingerprint density at radius 1 is 1.29 bits per heavy atom. The predicted molar refractivity (Wildman–Crippen MR) is 79.6 cm³/mol. The van der Waals surface area contributed by atoms with E-state index in [0.29, 0.717) is 13.2 Å². The van der Waals surface area contributed by atoms with Crippen molar-refractivity contribution in [2.75, 3.05) is 6.61 Å². The van der Waals surface area contributed by atoms with Gasteiger partial charge in [-0.3, -0.25) is 4.68 Å². The summed E-state index contributed by atoms with van der Waals surface area (Å²) >= 11 is 0. The number of nitrogens with zero attached hydrogens (tertiary/aromatic N) is 2. The number of ether oxygens (including phenoxy) is 1. The fourth-order valence-electron chi connectivity index (χ4n) is 2.14. The van der Waals surface area contributed by atoms with Crippen molar-refractivity contribution < 1.29 is 18.8 Å². The molecule has 1 aliphatic heterocycles. The lowest BCUT2D eigenvalue weighted by molar-refractivity contribution is 0.00578. The van der Waals surface area contributed by atoms with Crippen LogP contribution in [-0.2, 0) is 20.6 Å². The first-order valence-electron chi connectivity index (χ1n) is 7.32. The molecule has 0 spiro atoms. The van der Waals surface area contributed by atoms with Gasteiger partial charge >= 0.3 is 13.1 Å². The van der Waals surface area contributed by atoms with Gasteiger partial charge in [0.25, 0.3) is 0 Å². The lowest BCUT2D eigenvalue weighted by Gasteiger charge is -2.32. The summed E-state index contributed by atoms with van der Waals surface area (Å²) in [5.74, 6) is -0.428. The summed E-state index contributed by atoms with van der Waals surface area (Å²) < 4.78 is 18.7. The van der Waals surface area contributed by atoms with Crippen molar-refractivity contribution in [3.8, 4) is 0 Å². The van der Waals surface area contributed by atoms with Gasteiger partial charge in [0.2, 0.25) is 0 Å². The van der Waals surface area contributed by atoms with Gasteiger partial charge in [-0.05, 0) is 47.6 Å². The number of hydrogen-bond donors (Lipinski definition) is 0. The quantitative estimate of drug-likeness (QED) is 0.620. The highest BCUT2D eigenvalue weighted by Crippen LogP contribution is 2.36. The number of carbonyl (C=O) groups is 1. The Labute approximate surface area is 125 Å². The molecule has 6 nitrogen and oxygen atoms in total. The lowest BCUT2D eigenvalue weighted by Crippen LogP contribution is -2.41. The van der Waals surface area contributed by atoms with Crippen molar-refractivity contribution in [1.82, 2.24) is 9.78 Å². The molecule has 1 aromatic rings. The Bertz CT molecular complexity index is 523. The van der Waals surface area contributed by atoms with Crippen molar-refractivity contribution >= 4 is 18.7 Å². The zero-order chi connectivity index (χ0) is 15.8. The SMILES string of the molecule is CCOC(=O)c1cc(B2OC(C)(C)C(C)(C)O2)n(CC)n1. The highest BCUT2D eigenvalue weighted by molar-refractivity contribution is 6.61. The number of rotatable bonds is 4. The van der Waals surface area contributed by atoms with Gasteiger partial charge in [-0.1, -0.05) is 0 Å². The molecule has 0 bridgehead atoms. The lowest BCUT2D eigenvalue weighted by atomic mass is 9.84. The molecule has 1 aromatic heterocycles. The van der Waals surface area contributed by atoms with Gasteiger partial charge in [0.05, 0.1) is 23.4 Å². The Morgan fingerprint density at radius 2 is 1.86 bits per heavy atom. The van der Waals surface area contributed by atoms with Gasteiger partial charge in [0, 0.05) is 6.54 Å². The first-order chi connectivity index (χ1) is 9.71. The molecule has 0 N–H and O–H groups in total. The van der Waals surface area contributed by atoms with Crippen molar-refractivity contribution in [3.63, 3.8) is 0 Å². The molecule has 7 heteroatoms. The Morgan fingerprint density at radius 3 is 2.33 bits per heavy atom. The molecule has 2 rings (SSSR count). The van der Waals surface area contributed by atoms with Gasteiger partial charge in [0.1, 0.15) is 0 Å². The van der Waals surface area contributed by atoms with E-state index in [1.54, 1.807) is 17.7 Å². The minimum absolute atomic E-state index is 0.281. The average Bonchev–Trinajstić information content (AvgIpc) is 2.89. The molecule has 0 radical (unpaired) electrons. The summed E-state index contributed by atoms with van der Waals surface area (Å²) in [7, 11) is -0.536. The third kappa shape index (κ3) is 2.85. The van der Waals surface area contributed by atoms with Crippen molar-refractivity contribution in [2.24, 2.45) is 0 Å². The third-order valence-electron chi connectivity index (χ3n) is 4.09. The number of hydrogen-bond acceptors (Lipinski definition) is 5. The summed E-state index contributed by atoms with van der Waals surface area (Å²) in [5, 5.41) is 4.27. The smallest absolute Gasteiger partial charge is 0.461 e. The van der Waals surface area contributed by atoms with E-state index in [1.807, 2.05) is 34.6 Å². The van der Waals surface area contributed by atoms with Gasteiger partial charge in [0.15, 0.2) is 5.69 Å². The van der Waals surface area contributed by atoms with Gasteiger partial charge < -0.3 is 14.0 Å². The number of carbonyl (C=O) groups excluding carboxylic acids is 1. The minimum atomic E-state index is -0.536. The number of aryl methyl sites for hydroxylation is 1. The maximum absolute atomic E-state index is 11.8. The van der Waals surface area contributed by atoms with Crippen LogP contribution in [0.15, 0.2) is 6.07 Å². The molecule has 0 aliphatic carbocycles. The van der Waals surface area contributed by atoms with E-state index in [1.165, 1.54) is 0 Å². The maximum atomic E-state index is 11.8. The predicted octanol–water partition coefficient (Wildman–Crippen LogP) is 1.38. The molecule has 2 heterocycles. The summed E-state index contributed by atoms with van der Waals surface area (Å²) in [6, 6.07) is 1.68. The van der Waals surface area contributed by atoms with Crippen LogP contribution in [0.2, 0.25) is 0 Å². The second-order valence-corrected chi connectivity index (χ2v) is 6.08. The van der Waals surface area contributed by atoms with Crippen LogP contribution in [0.3, 0.4) is 0 Å². The third-order valence-corrected chi connectivity index (χ3v) is 4.09. The molecule has 0 aromatic carbocycles. The summed E-state index contributed by atoms with van der Waals surface area (Å²) in [6.45, 7) is 12.6. The molecule has 0 saturated carbocycles. The summed E-state index contributed by atoms with van der Waals surface area (Å²) in [4.78, 5) is 11.8. The molecular weight excluding hydrogens is 271 g/mol. The summed E-state index contributed by atoms with van der Waals surface area (Å²) in [6.07, 6.45) is 0. The Kier molecular flexibility index (Phi) is 4.17. The molecule has 0 atom stereocenters. The fraction of sp³-hybridized carbons (Fsp3) is 0.714. The largest absolute Gasteiger partial charge is 0.514 e. The van der Waals surface area contributed by atoms with Crippen LogP contribution in [0, 0.1) is 0 Å². The van der Waals surface area contributed by atoms with Crippen LogP contribution >= 0.6 is 0 Å². The Balaban J connectivity index is 2.30. The van der Waals surface area contributed by atoms with Crippen molar-refractivity contribution in [1.29, 1.82) is 0 Å². The van der Waals surface area contributed by atoms with Crippen LogP contribution in [0.1, 0.15) is 52.0 Å². The standard InChI is InChI=1S/C14H23BN2O4/c1-7-17-11(9-10(16-17)12(18)19-8-2)15-20-13(3,4)14(5,6)21-15/h9H,7-8H2,1-6H3. The van der Waals surface area contributed by atoms with E-state index in [9.17, 15) is 4.79 Å². The first-order valence-corrected chi connectivity index (χ1v) is 7.32. The van der Waals surface area contributed by atoms with Gasteiger partial charge in [-0.25, -0.2) is 4.79 Å². The van der Waals surface area contributed by atoms with Crippen LogP contribution in [-0.4, -0.2) is 40.7 Å². The Hall–Kier alpha value is -1.34. The van der Waals surface area contributed by atoms with Gasteiger partial charge in [-0.2, -0.15) is 5.10 Å². The molecule has 1 fully saturated rings. The summed E-state index contributed by atoms with van der Waals surface area (Å²) in [5.41, 5.74) is 0.164. The maximum Gasteiger partial charge on any atom is 0.514 e. The zero-order valence-corrected chi connectivity index (χ0v) is 13.6. The van der Waals surface area contributed by atoms with E-state index in [2.05, 4.69) is 5.10 Å². The molecular formula is C14H23BN2O4. The molecule has 1 aliphatic rings. The van der Waals surface area contributed by atoms with Gasteiger partial charge in [-0.15, -0.1) is 0 Å². The van der Waals surface area contributed by atoms with Crippen LogP contribution in [0.5, 0.6) is 0 Å². The van der Waals surface area contributed by atoms with E-state index in [4.69, 9.17) is 14.0 Å². The first kappa shape index (κ1) is 16.0. The number of esters is 1. The van der Waals surface area contributed by atoms with E-state index < -0.39 is 24.3 Å². The topological polar surface area (TPSA) is 62.6 Å². The monoisotopic (exact) mass is 294 g/mol. The molecule has 116 valence electrons. The van der Waals surface area contributed by atoms with Crippen molar-refractivity contribution in [3.05, 3.63) is 11.8 Å². The fourth-order valence-corrected chi connectivity index (χ4v) is 2.14. The van der Waals surface area contributed by atoms with Crippen LogP contribution in [0.4, 0.5) is 0 Å². The second kappa shape index (κ2) is 5.46. The zero-order valence-electron chi connectivity index (χ0n) is 13.6. The molecule has 1 saturated heterocycles. The van der Waals surface area contributed by atoms with Crippen LogP contribution in [0.25, 0.3) is 0 Å². The normalized spacial score (nSPS) is 19.8. The number of aromatic nitrogens is 2. The highest BCUT2D eigenvalue weighted by Gasteiger charge is 2.53. The van der Waals surface area contributed by atoms with E-state index in [-0.39, 0.29) is 5.69 Å². The molecule has 21 heavy (non-hydrogen) atoms. The van der Waals surface area contributed by atoms with E-state index >= 15 is 0 Å². The van der Waals surface area contributed by atoms with E-state index in [0.717, 1.165) is 5.59 Å². The minimum Gasteiger partial charge on any atom is -0.461 e. The highest BCUT2D eigenvalue weighted by atomic mass is 16.7. The average molecular weight is 294 g/mol. The molecule has 0 unspecified atom stereocenters. The van der Waals surface area contributed by atoms with Crippen LogP contribution < -0.4 is 5.59 Å². The van der Waals surface area contributed by atoms with Crippen molar-refractivity contribution in [2.45, 2.75) is 59.3 Å². The molecule has 0 amide bonds.